The first-order valence-corrected chi connectivity index (χ1v) is 12.0. The highest BCUT2D eigenvalue weighted by molar-refractivity contribution is 7.22. The summed E-state index contributed by atoms with van der Waals surface area (Å²) in [4.78, 5) is 21.2. The van der Waals surface area contributed by atoms with Crippen LogP contribution in [0.2, 0.25) is 5.02 Å². The number of rotatable bonds is 7. The van der Waals surface area contributed by atoms with Gasteiger partial charge in [-0.3, -0.25) is 4.90 Å². The van der Waals surface area contributed by atoms with E-state index in [0.29, 0.717) is 18.4 Å². The lowest BCUT2D eigenvalue weighted by Crippen LogP contribution is -2.51. The number of aryl methyl sites for hydroxylation is 1. The lowest BCUT2D eigenvalue weighted by molar-refractivity contribution is -0.145. The molecule has 1 fully saturated rings. The van der Waals surface area contributed by atoms with Crippen molar-refractivity contribution >= 4 is 44.3 Å². The van der Waals surface area contributed by atoms with Gasteiger partial charge in [0.05, 0.1) is 16.8 Å². The van der Waals surface area contributed by atoms with Crippen molar-refractivity contribution in [3.05, 3.63) is 52.5 Å². The van der Waals surface area contributed by atoms with Crippen molar-refractivity contribution in [1.29, 1.82) is 0 Å². The molecule has 0 N–H and O–H groups in total. The number of hydrogen-bond acceptors (Lipinski definition) is 7. The van der Waals surface area contributed by atoms with Crippen LogP contribution in [0.15, 0.2) is 36.4 Å². The lowest BCUT2D eigenvalue weighted by Gasteiger charge is -2.39. The van der Waals surface area contributed by atoms with Crippen molar-refractivity contribution in [3.8, 4) is 5.75 Å². The maximum absolute atomic E-state index is 11.6. The van der Waals surface area contributed by atoms with Crippen molar-refractivity contribution < 1.29 is 14.3 Å². The van der Waals surface area contributed by atoms with Crippen molar-refractivity contribution in [2.24, 2.45) is 0 Å². The van der Waals surface area contributed by atoms with Crippen molar-refractivity contribution in [2.45, 2.75) is 33.4 Å². The summed E-state index contributed by atoms with van der Waals surface area (Å²) >= 11 is 7.83. The van der Waals surface area contributed by atoms with E-state index in [1.54, 1.807) is 18.3 Å². The van der Waals surface area contributed by atoms with E-state index in [0.717, 1.165) is 52.1 Å². The molecule has 1 atom stereocenters. The maximum Gasteiger partial charge on any atom is 0.344 e. The smallest absolute Gasteiger partial charge is 0.344 e. The first-order chi connectivity index (χ1) is 15.4. The Labute approximate surface area is 197 Å². The Bertz CT molecular complexity index is 1100. The first-order valence-electron chi connectivity index (χ1n) is 10.9. The normalized spacial score (nSPS) is 17.0. The van der Waals surface area contributed by atoms with Gasteiger partial charge < -0.3 is 14.4 Å². The zero-order valence-electron chi connectivity index (χ0n) is 18.6. The van der Waals surface area contributed by atoms with Crippen LogP contribution in [0, 0.1) is 6.92 Å². The highest BCUT2D eigenvalue weighted by atomic mass is 35.5. The Morgan fingerprint density at radius 2 is 2.09 bits per heavy atom. The van der Waals surface area contributed by atoms with Crippen LogP contribution in [0.5, 0.6) is 5.75 Å². The third-order valence-corrected chi connectivity index (χ3v) is 6.85. The predicted molar refractivity (Wildman–Crippen MR) is 130 cm³/mol. The molecule has 170 valence electrons. The molecule has 6 nitrogen and oxygen atoms in total. The van der Waals surface area contributed by atoms with Gasteiger partial charge in [0.2, 0.25) is 0 Å². The lowest BCUT2D eigenvalue weighted by atomic mass is 10.1. The van der Waals surface area contributed by atoms with Gasteiger partial charge in [-0.15, -0.1) is 0 Å². The van der Waals surface area contributed by atoms with E-state index < -0.39 is 0 Å². The standard InChI is InChI=1S/C24H28ClN3O3S/c1-4-30-23(29)15-31-20-10-16(2)9-18(11-20)14-27-7-8-28(13-17(27)3)24-26-21-6-5-19(25)12-22(21)32-24/h5-6,9-12,17H,4,7-8,13-15H2,1-3H3/t17-/m1/s1. The zero-order chi connectivity index (χ0) is 22.7. The van der Waals surface area contributed by atoms with Crippen molar-refractivity contribution in [2.75, 3.05) is 37.7 Å². The van der Waals surface area contributed by atoms with Crippen LogP contribution in [0.1, 0.15) is 25.0 Å². The largest absolute Gasteiger partial charge is 0.482 e. The molecule has 0 aliphatic carbocycles. The highest BCUT2D eigenvalue weighted by Gasteiger charge is 2.26. The number of halogens is 1. The number of thiazole rings is 1. The Balaban J connectivity index is 1.39. The van der Waals surface area contributed by atoms with Crippen LogP contribution in [0.25, 0.3) is 10.2 Å². The first kappa shape index (κ1) is 22.8. The molecule has 0 unspecified atom stereocenters. The molecule has 3 aromatic rings. The van der Waals surface area contributed by atoms with Crippen molar-refractivity contribution in [3.63, 3.8) is 0 Å². The molecule has 1 aliphatic heterocycles. The van der Waals surface area contributed by atoms with E-state index in [-0.39, 0.29) is 12.6 Å². The molecule has 2 aromatic carbocycles. The minimum Gasteiger partial charge on any atom is -0.482 e. The number of carbonyl (C=O) groups excluding carboxylic acids is 1. The van der Waals surface area contributed by atoms with Crippen molar-refractivity contribution in [1.82, 2.24) is 9.88 Å². The third-order valence-electron chi connectivity index (χ3n) is 5.53. The van der Waals surface area contributed by atoms with E-state index in [2.05, 4.69) is 22.8 Å². The van der Waals surface area contributed by atoms with E-state index >= 15 is 0 Å². The molecular formula is C24H28ClN3O3S. The Morgan fingerprint density at radius 3 is 2.88 bits per heavy atom. The molecule has 8 heteroatoms. The van der Waals surface area contributed by atoms with Gasteiger partial charge in [0.25, 0.3) is 0 Å². The minimum absolute atomic E-state index is 0.0702. The summed E-state index contributed by atoms with van der Waals surface area (Å²) in [6.07, 6.45) is 0. The van der Waals surface area contributed by atoms with Crippen LogP contribution in [-0.2, 0) is 16.1 Å². The number of ether oxygens (including phenoxy) is 2. The molecule has 0 spiro atoms. The second-order valence-electron chi connectivity index (χ2n) is 8.12. The summed E-state index contributed by atoms with van der Waals surface area (Å²) in [5.41, 5.74) is 3.29. The number of fused-ring (bicyclic) bond motifs is 1. The molecule has 1 aromatic heterocycles. The van der Waals surface area contributed by atoms with Gasteiger partial charge in [0.15, 0.2) is 11.7 Å². The summed E-state index contributed by atoms with van der Waals surface area (Å²) < 4.78 is 11.7. The second kappa shape index (κ2) is 10.1. The molecule has 4 rings (SSSR count). The van der Waals surface area contributed by atoms with Crippen LogP contribution >= 0.6 is 22.9 Å². The fourth-order valence-corrected chi connectivity index (χ4v) is 5.28. The topological polar surface area (TPSA) is 54.9 Å². The van der Waals surface area contributed by atoms with E-state index in [9.17, 15) is 4.79 Å². The van der Waals surface area contributed by atoms with E-state index in [4.69, 9.17) is 26.1 Å². The predicted octanol–water partition coefficient (Wildman–Crippen LogP) is 4.91. The van der Waals surface area contributed by atoms with Gasteiger partial charge in [-0.05, 0) is 62.2 Å². The van der Waals surface area contributed by atoms with Gasteiger partial charge in [0, 0.05) is 37.2 Å². The fourth-order valence-electron chi connectivity index (χ4n) is 4.00. The molecular weight excluding hydrogens is 446 g/mol. The Kier molecular flexibility index (Phi) is 7.18. The summed E-state index contributed by atoms with van der Waals surface area (Å²) in [7, 11) is 0. The molecule has 0 radical (unpaired) electrons. The molecule has 0 amide bonds. The minimum atomic E-state index is -0.350. The second-order valence-corrected chi connectivity index (χ2v) is 9.57. The number of nitrogens with zero attached hydrogens (tertiary/aromatic N) is 3. The number of hydrogen-bond donors (Lipinski definition) is 0. The molecule has 1 saturated heterocycles. The van der Waals surface area contributed by atoms with Gasteiger partial charge >= 0.3 is 5.97 Å². The van der Waals surface area contributed by atoms with Crippen LogP contribution < -0.4 is 9.64 Å². The highest BCUT2D eigenvalue weighted by Crippen LogP contribution is 2.32. The molecule has 1 aliphatic rings. The van der Waals surface area contributed by atoms with Crippen LogP contribution in [-0.4, -0.2) is 54.7 Å². The number of carbonyl (C=O) groups is 1. The number of esters is 1. The average Bonchev–Trinajstić information content (AvgIpc) is 3.17. The zero-order valence-corrected chi connectivity index (χ0v) is 20.2. The summed E-state index contributed by atoms with van der Waals surface area (Å²) in [6.45, 7) is 10.0. The number of benzene rings is 2. The summed E-state index contributed by atoms with van der Waals surface area (Å²) in [6, 6.07) is 12.4. The number of aromatic nitrogens is 1. The molecule has 0 saturated carbocycles. The van der Waals surface area contributed by atoms with Gasteiger partial charge in [-0.2, -0.15) is 0 Å². The molecule has 2 heterocycles. The van der Waals surface area contributed by atoms with Gasteiger partial charge in [-0.1, -0.05) is 29.0 Å². The summed E-state index contributed by atoms with van der Waals surface area (Å²) in [5, 5.41) is 1.80. The summed E-state index contributed by atoms with van der Waals surface area (Å²) in [5.74, 6) is 0.352. The average molecular weight is 474 g/mol. The Morgan fingerprint density at radius 1 is 1.25 bits per heavy atom. The van der Waals surface area contributed by atoms with E-state index in [1.165, 1.54) is 5.56 Å². The third kappa shape index (κ3) is 5.52. The van der Waals surface area contributed by atoms with E-state index in [1.807, 2.05) is 37.3 Å². The molecule has 32 heavy (non-hydrogen) atoms. The quantitative estimate of drug-likeness (QED) is 0.454. The molecule has 0 bridgehead atoms. The number of anilines is 1. The maximum atomic E-state index is 11.6. The Hall–Kier alpha value is -2.35. The van der Waals surface area contributed by atoms with Crippen LogP contribution in [0.3, 0.4) is 0 Å². The monoisotopic (exact) mass is 473 g/mol. The van der Waals surface area contributed by atoms with Gasteiger partial charge in [0.1, 0.15) is 5.75 Å². The number of piperazine rings is 1. The fraction of sp³-hybridized carbons (Fsp3) is 0.417. The van der Waals surface area contributed by atoms with Gasteiger partial charge in [-0.25, -0.2) is 9.78 Å². The SMILES string of the molecule is CCOC(=O)COc1cc(C)cc(CN2CCN(c3nc4ccc(Cl)cc4s3)C[C@H]2C)c1. The van der Waals surface area contributed by atoms with Crippen LogP contribution in [0.4, 0.5) is 5.13 Å².